The maximum absolute atomic E-state index is 3.68. The molecule has 1 fully saturated rings. The lowest BCUT2D eigenvalue weighted by Crippen LogP contribution is -2.31. The largest absolute Gasteiger partial charge is 0.298 e. The number of nitrogens with zero attached hydrogens (tertiary/aromatic N) is 2. The number of hydrogen-bond acceptors (Lipinski definition) is 2. The third kappa shape index (κ3) is 0.379. The van der Waals surface area contributed by atoms with Gasteiger partial charge in [0.1, 0.15) is 0 Å². The summed E-state index contributed by atoms with van der Waals surface area (Å²) in [4.78, 5) is 0. The van der Waals surface area contributed by atoms with Crippen LogP contribution in [-0.2, 0) is 0 Å². The highest BCUT2D eigenvalue weighted by atomic mass is 15.5. The highest BCUT2D eigenvalue weighted by molar-refractivity contribution is 5.22. The summed E-state index contributed by atoms with van der Waals surface area (Å²) in [5.74, 6) is 0. The Hall–Kier alpha value is -0.530. The molecular formula is C4H8N2. The summed E-state index contributed by atoms with van der Waals surface area (Å²) in [6, 6.07) is 0. The second kappa shape index (κ2) is 1.29. The van der Waals surface area contributed by atoms with E-state index in [0.29, 0.717) is 0 Å². The van der Waals surface area contributed by atoms with E-state index in [1.54, 1.807) is 0 Å². The molecule has 1 heterocycles. The van der Waals surface area contributed by atoms with E-state index in [2.05, 4.69) is 11.8 Å². The van der Waals surface area contributed by atoms with Gasteiger partial charge in [-0.25, -0.2) is 0 Å². The summed E-state index contributed by atoms with van der Waals surface area (Å²) in [6.07, 6.45) is 1.29. The van der Waals surface area contributed by atoms with E-state index in [1.165, 1.54) is 6.42 Å². The Morgan fingerprint density at radius 3 is 2.17 bits per heavy atom. The van der Waals surface area contributed by atoms with Gasteiger partial charge in [0.05, 0.1) is 0 Å². The van der Waals surface area contributed by atoms with Gasteiger partial charge in [0.2, 0.25) is 0 Å². The molecular weight excluding hydrogens is 76.1 g/mol. The van der Waals surface area contributed by atoms with Crippen molar-refractivity contribution in [2.75, 3.05) is 13.1 Å². The third-order valence-electron chi connectivity index (χ3n) is 1.03. The highest BCUT2D eigenvalue weighted by Gasteiger charge is 2.07. The van der Waals surface area contributed by atoms with Crippen LogP contribution in [0.15, 0.2) is 5.10 Å². The quantitative estimate of drug-likeness (QED) is 0.417. The molecule has 0 saturated carbocycles. The van der Waals surface area contributed by atoms with Crippen molar-refractivity contribution >= 4 is 6.72 Å². The van der Waals surface area contributed by atoms with Crippen molar-refractivity contribution in [2.24, 2.45) is 5.10 Å². The van der Waals surface area contributed by atoms with Crippen molar-refractivity contribution in [1.29, 1.82) is 0 Å². The van der Waals surface area contributed by atoms with E-state index in [1.807, 2.05) is 5.01 Å². The van der Waals surface area contributed by atoms with Crippen LogP contribution in [0.4, 0.5) is 0 Å². The van der Waals surface area contributed by atoms with E-state index < -0.39 is 0 Å². The zero-order valence-electron chi connectivity index (χ0n) is 3.72. The van der Waals surface area contributed by atoms with Crippen LogP contribution in [0, 0.1) is 0 Å². The molecule has 0 aromatic heterocycles. The van der Waals surface area contributed by atoms with Gasteiger partial charge in [0.15, 0.2) is 0 Å². The van der Waals surface area contributed by atoms with Crippen LogP contribution in [0.3, 0.4) is 0 Å². The van der Waals surface area contributed by atoms with Gasteiger partial charge in [-0.05, 0) is 6.42 Å². The minimum atomic E-state index is 1.11. The van der Waals surface area contributed by atoms with Gasteiger partial charge >= 0.3 is 0 Å². The first-order chi connectivity index (χ1) is 2.93. The lowest BCUT2D eigenvalue weighted by Gasteiger charge is -2.26. The Bertz CT molecular complexity index is 56.6. The molecule has 1 saturated heterocycles. The molecule has 0 atom stereocenters. The first-order valence-corrected chi connectivity index (χ1v) is 2.15. The summed E-state index contributed by atoms with van der Waals surface area (Å²) in [6.45, 7) is 5.59. The molecule has 34 valence electrons. The van der Waals surface area contributed by atoms with Crippen LogP contribution >= 0.6 is 0 Å². The number of hydrazone groups is 1. The normalized spacial score (nSPS) is 19.7. The predicted molar refractivity (Wildman–Crippen MR) is 25.7 cm³/mol. The highest BCUT2D eigenvalue weighted by Crippen LogP contribution is 2.02. The minimum Gasteiger partial charge on any atom is -0.298 e. The molecule has 0 spiro atoms. The Kier molecular flexibility index (Phi) is 0.783. The predicted octanol–water partition coefficient (Wildman–Crippen LogP) is 0.308. The minimum absolute atomic E-state index is 1.11. The molecule has 0 aromatic carbocycles. The second-order valence-corrected chi connectivity index (χ2v) is 1.45. The molecule has 0 aromatic rings. The van der Waals surface area contributed by atoms with Crippen LogP contribution in [0.5, 0.6) is 0 Å². The van der Waals surface area contributed by atoms with E-state index in [4.69, 9.17) is 0 Å². The van der Waals surface area contributed by atoms with Gasteiger partial charge < -0.3 is 0 Å². The van der Waals surface area contributed by atoms with Crippen LogP contribution in [0.2, 0.25) is 0 Å². The van der Waals surface area contributed by atoms with Crippen molar-refractivity contribution in [3.8, 4) is 0 Å². The summed E-state index contributed by atoms with van der Waals surface area (Å²) in [5.41, 5.74) is 0. The Morgan fingerprint density at radius 1 is 1.50 bits per heavy atom. The van der Waals surface area contributed by atoms with E-state index in [0.717, 1.165) is 13.1 Å². The molecule has 2 heteroatoms. The number of hydrogen-bond donors (Lipinski definition) is 0. The zero-order chi connectivity index (χ0) is 4.41. The maximum atomic E-state index is 3.68. The van der Waals surface area contributed by atoms with Crippen molar-refractivity contribution in [1.82, 2.24) is 5.01 Å². The molecule has 0 aliphatic carbocycles. The van der Waals surface area contributed by atoms with E-state index >= 15 is 0 Å². The van der Waals surface area contributed by atoms with Crippen LogP contribution in [0.1, 0.15) is 6.42 Å². The molecule has 1 aliphatic heterocycles. The molecule has 0 amide bonds. The first-order valence-electron chi connectivity index (χ1n) is 2.15. The van der Waals surface area contributed by atoms with Gasteiger partial charge in [0, 0.05) is 19.8 Å². The fourth-order valence-corrected chi connectivity index (χ4v) is 0.441. The average molecular weight is 84.1 g/mol. The smallest absolute Gasteiger partial charge is 0.0377 e. The fourth-order valence-electron chi connectivity index (χ4n) is 0.441. The Morgan fingerprint density at radius 2 is 2.17 bits per heavy atom. The average Bonchev–Trinajstić information content (AvgIpc) is 1.31. The molecule has 2 nitrogen and oxygen atoms in total. The summed E-state index contributed by atoms with van der Waals surface area (Å²) >= 11 is 0. The molecule has 1 rings (SSSR count). The SMILES string of the molecule is C=NN1CCC1. The maximum Gasteiger partial charge on any atom is 0.0377 e. The van der Waals surface area contributed by atoms with E-state index in [-0.39, 0.29) is 0 Å². The van der Waals surface area contributed by atoms with Gasteiger partial charge in [-0.2, -0.15) is 5.10 Å². The third-order valence-corrected chi connectivity index (χ3v) is 1.03. The van der Waals surface area contributed by atoms with Crippen LogP contribution < -0.4 is 0 Å². The van der Waals surface area contributed by atoms with Crippen molar-refractivity contribution in [3.63, 3.8) is 0 Å². The lowest BCUT2D eigenvalue weighted by atomic mass is 10.3. The van der Waals surface area contributed by atoms with Crippen LogP contribution in [-0.4, -0.2) is 24.8 Å². The molecule has 0 unspecified atom stereocenters. The van der Waals surface area contributed by atoms with Gasteiger partial charge in [-0.3, -0.25) is 5.01 Å². The molecule has 6 heavy (non-hydrogen) atoms. The Balaban J connectivity index is 2.16. The first kappa shape index (κ1) is 3.65. The number of rotatable bonds is 1. The standard InChI is InChI=1S/C4H8N2/c1-5-6-3-2-4-6/h1-4H2. The lowest BCUT2D eigenvalue weighted by molar-refractivity contribution is 0.192. The molecule has 0 bridgehead atoms. The van der Waals surface area contributed by atoms with Crippen molar-refractivity contribution in [2.45, 2.75) is 6.42 Å². The summed E-state index contributed by atoms with van der Waals surface area (Å²) < 4.78 is 0. The van der Waals surface area contributed by atoms with Crippen molar-refractivity contribution in [3.05, 3.63) is 0 Å². The fraction of sp³-hybridized carbons (Fsp3) is 0.750. The van der Waals surface area contributed by atoms with Gasteiger partial charge in [-0.15, -0.1) is 0 Å². The topological polar surface area (TPSA) is 15.6 Å². The monoisotopic (exact) mass is 84.1 g/mol. The Labute approximate surface area is 37.5 Å². The zero-order valence-corrected chi connectivity index (χ0v) is 3.72. The summed E-state index contributed by atoms with van der Waals surface area (Å²) in [5, 5.41) is 5.62. The van der Waals surface area contributed by atoms with E-state index in [9.17, 15) is 0 Å². The van der Waals surface area contributed by atoms with Gasteiger partial charge in [-0.1, -0.05) is 0 Å². The van der Waals surface area contributed by atoms with Crippen LogP contribution in [0.25, 0.3) is 0 Å². The molecule has 0 radical (unpaired) electrons. The van der Waals surface area contributed by atoms with Gasteiger partial charge in [0.25, 0.3) is 0 Å². The summed E-state index contributed by atoms with van der Waals surface area (Å²) in [7, 11) is 0. The second-order valence-electron chi connectivity index (χ2n) is 1.45. The van der Waals surface area contributed by atoms with Crippen molar-refractivity contribution < 1.29 is 0 Å². The molecule has 0 N–H and O–H groups in total. The molecule has 1 aliphatic rings.